The fraction of sp³-hybridized carbons (Fsp3) is 0.227. The molecule has 2 aromatic heterocycles. The Labute approximate surface area is 167 Å². The molecule has 5 nitrogen and oxygen atoms in total. The minimum absolute atomic E-state index is 0.226. The molecule has 3 heterocycles. The monoisotopic (exact) mass is 388 g/mol. The number of rotatable bonds is 2. The molecule has 1 saturated heterocycles. The molecule has 0 saturated carbocycles. The van der Waals surface area contributed by atoms with Crippen LogP contribution in [-0.2, 0) is 0 Å². The van der Waals surface area contributed by atoms with Crippen molar-refractivity contribution >= 4 is 39.4 Å². The second kappa shape index (κ2) is 7.28. The van der Waals surface area contributed by atoms with Crippen LogP contribution in [-0.4, -0.2) is 44.7 Å². The van der Waals surface area contributed by atoms with Crippen LogP contribution in [0.3, 0.4) is 0 Å². The van der Waals surface area contributed by atoms with Crippen molar-refractivity contribution in [2.75, 3.05) is 29.5 Å². The minimum Gasteiger partial charge on any atom is -0.507 e. The maximum absolute atomic E-state index is 10.5. The number of fused-ring (bicyclic) bond motifs is 2. The average Bonchev–Trinajstić information content (AvgIpc) is 3.02. The van der Waals surface area contributed by atoms with Crippen LogP contribution < -0.4 is 4.90 Å². The largest absolute Gasteiger partial charge is 0.507 e. The molecule has 6 heteroatoms. The molecule has 1 aliphatic rings. The Kier molecular flexibility index (Phi) is 4.49. The fourth-order valence-electron chi connectivity index (χ4n) is 3.68. The molecule has 1 fully saturated rings. The van der Waals surface area contributed by atoms with Crippen LogP contribution >= 0.6 is 11.8 Å². The highest BCUT2D eigenvalue weighted by atomic mass is 32.2. The highest BCUT2D eigenvalue weighted by Crippen LogP contribution is 2.36. The van der Waals surface area contributed by atoms with E-state index < -0.39 is 0 Å². The third-order valence-electron chi connectivity index (χ3n) is 5.12. The van der Waals surface area contributed by atoms with Gasteiger partial charge in [0.1, 0.15) is 5.75 Å². The summed E-state index contributed by atoms with van der Waals surface area (Å²) in [5.74, 6) is 3.30. The first-order valence-corrected chi connectivity index (χ1v) is 10.6. The number of thioether (sulfide) groups is 1. The van der Waals surface area contributed by atoms with Gasteiger partial charge in [-0.1, -0.05) is 30.3 Å². The smallest absolute Gasteiger partial charge is 0.225 e. The number of hydrogen-bond donors (Lipinski definition) is 1. The van der Waals surface area contributed by atoms with Crippen LogP contribution in [0.2, 0.25) is 0 Å². The zero-order valence-electron chi connectivity index (χ0n) is 15.4. The van der Waals surface area contributed by atoms with Gasteiger partial charge in [0.25, 0.3) is 0 Å². The third kappa shape index (κ3) is 3.14. The van der Waals surface area contributed by atoms with Crippen molar-refractivity contribution in [2.45, 2.75) is 6.42 Å². The number of pyridine rings is 1. The summed E-state index contributed by atoms with van der Waals surface area (Å²) in [6, 6.07) is 13.6. The van der Waals surface area contributed by atoms with Gasteiger partial charge in [-0.2, -0.15) is 11.8 Å². The van der Waals surface area contributed by atoms with Gasteiger partial charge >= 0.3 is 0 Å². The zero-order valence-corrected chi connectivity index (χ0v) is 16.2. The molecular weight excluding hydrogens is 368 g/mol. The van der Waals surface area contributed by atoms with Crippen LogP contribution in [0.25, 0.3) is 32.9 Å². The summed E-state index contributed by atoms with van der Waals surface area (Å²) in [6.07, 6.45) is 4.78. The number of phenols is 1. The van der Waals surface area contributed by atoms with Crippen molar-refractivity contribution in [3.63, 3.8) is 0 Å². The lowest BCUT2D eigenvalue weighted by molar-refractivity contribution is 0.478. The van der Waals surface area contributed by atoms with E-state index in [1.54, 1.807) is 12.3 Å². The van der Waals surface area contributed by atoms with E-state index in [2.05, 4.69) is 14.9 Å². The Bertz CT molecular complexity index is 1160. The molecular formula is C22H20N4OS. The van der Waals surface area contributed by atoms with Crippen molar-refractivity contribution in [1.29, 1.82) is 0 Å². The Morgan fingerprint density at radius 2 is 1.82 bits per heavy atom. The number of aromatic hydroxyl groups is 1. The molecule has 0 spiro atoms. The van der Waals surface area contributed by atoms with Gasteiger partial charge in [-0.15, -0.1) is 0 Å². The molecule has 0 bridgehead atoms. The number of hydrogen-bond acceptors (Lipinski definition) is 6. The van der Waals surface area contributed by atoms with Crippen molar-refractivity contribution in [3.8, 4) is 17.0 Å². The lowest BCUT2D eigenvalue weighted by Gasteiger charge is -2.19. The first kappa shape index (κ1) is 17.3. The van der Waals surface area contributed by atoms with Gasteiger partial charge in [-0.3, -0.25) is 4.98 Å². The fourth-order valence-corrected chi connectivity index (χ4v) is 4.57. The SMILES string of the molecule is Oc1ccc2ccccc2c1-c1cc2nc(N3CCCSCC3)ncc2cn1. The Morgan fingerprint density at radius 1 is 0.929 bits per heavy atom. The number of phenolic OH excluding ortho intramolecular Hbond substituents is 1. The zero-order chi connectivity index (χ0) is 18.9. The predicted octanol–water partition coefficient (Wildman–Crippen LogP) is 4.49. The van der Waals surface area contributed by atoms with Crippen molar-refractivity contribution in [2.24, 2.45) is 0 Å². The maximum atomic E-state index is 10.5. The van der Waals surface area contributed by atoms with Crippen LogP contribution in [0.15, 0.2) is 54.9 Å². The lowest BCUT2D eigenvalue weighted by atomic mass is 10.0. The van der Waals surface area contributed by atoms with E-state index in [1.807, 2.05) is 54.4 Å². The van der Waals surface area contributed by atoms with Crippen LogP contribution in [0.4, 0.5) is 5.95 Å². The van der Waals surface area contributed by atoms with E-state index in [0.29, 0.717) is 0 Å². The van der Waals surface area contributed by atoms with Gasteiger partial charge in [0, 0.05) is 42.2 Å². The Morgan fingerprint density at radius 3 is 2.79 bits per heavy atom. The van der Waals surface area contributed by atoms with Gasteiger partial charge in [-0.25, -0.2) is 9.97 Å². The van der Waals surface area contributed by atoms with Gasteiger partial charge in [0.2, 0.25) is 5.95 Å². The lowest BCUT2D eigenvalue weighted by Crippen LogP contribution is -2.27. The normalized spacial score (nSPS) is 15.1. The summed E-state index contributed by atoms with van der Waals surface area (Å²) in [5.41, 5.74) is 2.31. The minimum atomic E-state index is 0.226. The van der Waals surface area contributed by atoms with Gasteiger partial charge < -0.3 is 10.0 Å². The Balaban J connectivity index is 1.63. The maximum Gasteiger partial charge on any atom is 0.225 e. The number of nitrogens with zero attached hydrogens (tertiary/aromatic N) is 4. The van der Waals surface area contributed by atoms with Gasteiger partial charge in [0.05, 0.1) is 11.2 Å². The van der Waals surface area contributed by atoms with Crippen molar-refractivity contribution < 1.29 is 5.11 Å². The highest BCUT2D eigenvalue weighted by molar-refractivity contribution is 7.99. The number of benzene rings is 2. The first-order chi connectivity index (χ1) is 13.8. The van der Waals surface area contributed by atoms with E-state index >= 15 is 0 Å². The average molecular weight is 388 g/mol. The summed E-state index contributed by atoms with van der Waals surface area (Å²) in [7, 11) is 0. The molecule has 0 aliphatic carbocycles. The second-order valence-electron chi connectivity index (χ2n) is 6.93. The quantitative estimate of drug-likeness (QED) is 0.546. The topological polar surface area (TPSA) is 62.1 Å². The van der Waals surface area contributed by atoms with Gasteiger partial charge in [0.15, 0.2) is 0 Å². The summed E-state index contributed by atoms with van der Waals surface area (Å²) < 4.78 is 0. The third-order valence-corrected chi connectivity index (χ3v) is 6.17. The molecule has 1 aliphatic heterocycles. The van der Waals surface area contributed by atoms with Crippen LogP contribution in [0, 0.1) is 0 Å². The molecule has 5 rings (SSSR count). The summed E-state index contributed by atoms with van der Waals surface area (Å²) in [5, 5.41) is 13.5. The molecule has 0 unspecified atom stereocenters. The number of anilines is 1. The standard InChI is InChI=1S/C22H20N4OS/c27-20-7-6-15-4-1-2-5-17(15)21(20)19-12-18-16(13-23-19)14-24-22(25-18)26-8-3-10-28-11-9-26/h1-2,4-7,12-14,27H,3,8-11H2. The Hall–Kier alpha value is -2.86. The van der Waals surface area contributed by atoms with Crippen LogP contribution in [0.5, 0.6) is 5.75 Å². The second-order valence-corrected chi connectivity index (χ2v) is 8.16. The van der Waals surface area contributed by atoms with E-state index in [4.69, 9.17) is 4.98 Å². The van der Waals surface area contributed by atoms with Crippen molar-refractivity contribution in [1.82, 2.24) is 15.0 Å². The molecule has 28 heavy (non-hydrogen) atoms. The summed E-state index contributed by atoms with van der Waals surface area (Å²) in [6.45, 7) is 1.96. The van der Waals surface area contributed by atoms with E-state index in [1.165, 1.54) is 5.75 Å². The van der Waals surface area contributed by atoms with E-state index in [9.17, 15) is 5.11 Å². The van der Waals surface area contributed by atoms with E-state index in [-0.39, 0.29) is 5.75 Å². The molecule has 1 N–H and O–H groups in total. The van der Waals surface area contributed by atoms with Crippen molar-refractivity contribution in [3.05, 3.63) is 54.9 Å². The molecule has 0 amide bonds. The molecule has 4 aromatic rings. The number of aromatic nitrogens is 3. The molecule has 140 valence electrons. The molecule has 0 atom stereocenters. The molecule has 0 radical (unpaired) electrons. The van der Waals surface area contributed by atoms with Crippen LogP contribution in [0.1, 0.15) is 6.42 Å². The summed E-state index contributed by atoms with van der Waals surface area (Å²) in [4.78, 5) is 16.2. The molecule has 2 aromatic carbocycles. The summed E-state index contributed by atoms with van der Waals surface area (Å²) >= 11 is 1.99. The first-order valence-electron chi connectivity index (χ1n) is 9.46. The van der Waals surface area contributed by atoms with E-state index in [0.717, 1.165) is 64.1 Å². The highest BCUT2D eigenvalue weighted by Gasteiger charge is 2.15. The van der Waals surface area contributed by atoms with Gasteiger partial charge in [-0.05, 0) is 35.1 Å². The predicted molar refractivity (Wildman–Crippen MR) is 116 cm³/mol.